The van der Waals surface area contributed by atoms with Crippen LogP contribution in [0.25, 0.3) is 6.08 Å². The van der Waals surface area contributed by atoms with Gasteiger partial charge in [-0.05, 0) is 18.2 Å². The zero-order valence-electron chi connectivity index (χ0n) is 8.84. The van der Waals surface area contributed by atoms with Crippen molar-refractivity contribution in [1.82, 2.24) is 5.32 Å². The summed E-state index contributed by atoms with van der Waals surface area (Å²) in [6.45, 7) is 0. The van der Waals surface area contributed by atoms with E-state index in [0.29, 0.717) is 5.56 Å². The molecule has 1 aliphatic rings. The molecule has 16 heavy (non-hydrogen) atoms. The van der Waals surface area contributed by atoms with Crippen LogP contribution in [0.3, 0.4) is 0 Å². The molecule has 2 N–H and O–H groups in total. The number of hydrogen-bond acceptors (Lipinski definition) is 3. The van der Waals surface area contributed by atoms with Crippen LogP contribution in [0.4, 0.5) is 0 Å². The number of fused-ring (bicyclic) bond motifs is 1. The SMILES string of the molecule is CNC1(S(=O)(=O)O)CC=Cc2ccccc21. The van der Waals surface area contributed by atoms with Crippen molar-refractivity contribution < 1.29 is 13.0 Å². The Kier molecular flexibility index (Phi) is 2.61. The highest BCUT2D eigenvalue weighted by Crippen LogP contribution is 2.37. The smallest absolute Gasteiger partial charge is 0.288 e. The Morgan fingerprint density at radius 3 is 2.69 bits per heavy atom. The van der Waals surface area contributed by atoms with Crippen LogP contribution in [0.2, 0.25) is 0 Å². The van der Waals surface area contributed by atoms with Gasteiger partial charge in [0.05, 0.1) is 0 Å². The zero-order valence-corrected chi connectivity index (χ0v) is 9.66. The first-order chi connectivity index (χ1) is 7.51. The van der Waals surface area contributed by atoms with Gasteiger partial charge < -0.3 is 0 Å². The van der Waals surface area contributed by atoms with Crippen molar-refractivity contribution in [1.29, 1.82) is 0 Å². The third-order valence-electron chi connectivity index (χ3n) is 2.94. The maximum atomic E-state index is 11.6. The monoisotopic (exact) mass is 239 g/mol. The van der Waals surface area contributed by atoms with E-state index in [2.05, 4.69) is 5.32 Å². The summed E-state index contributed by atoms with van der Waals surface area (Å²) in [6, 6.07) is 7.12. The molecule has 1 atom stereocenters. The lowest BCUT2D eigenvalue weighted by molar-refractivity contribution is 0.395. The molecule has 1 aromatic carbocycles. The molecule has 4 nitrogen and oxygen atoms in total. The predicted molar refractivity (Wildman–Crippen MR) is 62.4 cm³/mol. The minimum atomic E-state index is -4.21. The number of rotatable bonds is 2. The normalized spacial score (nSPS) is 24.1. The third-order valence-corrected chi connectivity index (χ3v) is 4.41. The van der Waals surface area contributed by atoms with Gasteiger partial charge in [0.15, 0.2) is 4.87 Å². The Labute approximate surface area is 94.7 Å². The second kappa shape index (κ2) is 3.69. The maximum absolute atomic E-state index is 11.6. The summed E-state index contributed by atoms with van der Waals surface area (Å²) in [4.78, 5) is -1.42. The maximum Gasteiger partial charge on any atom is 0.288 e. The highest BCUT2D eigenvalue weighted by atomic mass is 32.2. The van der Waals surface area contributed by atoms with E-state index in [1.54, 1.807) is 18.2 Å². The van der Waals surface area contributed by atoms with E-state index < -0.39 is 15.0 Å². The minimum Gasteiger partial charge on any atom is -0.296 e. The predicted octanol–water partition coefficient (Wildman–Crippen LogP) is 1.36. The van der Waals surface area contributed by atoms with Gasteiger partial charge in [0, 0.05) is 6.42 Å². The fourth-order valence-corrected chi connectivity index (χ4v) is 3.11. The van der Waals surface area contributed by atoms with Gasteiger partial charge in [-0.2, -0.15) is 8.42 Å². The van der Waals surface area contributed by atoms with Gasteiger partial charge in [-0.1, -0.05) is 36.4 Å². The van der Waals surface area contributed by atoms with Gasteiger partial charge in [-0.3, -0.25) is 9.87 Å². The van der Waals surface area contributed by atoms with Crippen LogP contribution in [0.15, 0.2) is 30.3 Å². The van der Waals surface area contributed by atoms with Crippen LogP contribution in [0.1, 0.15) is 17.5 Å². The lowest BCUT2D eigenvalue weighted by Gasteiger charge is -2.33. The molecular weight excluding hydrogens is 226 g/mol. The summed E-state index contributed by atoms with van der Waals surface area (Å²) in [5.74, 6) is 0. The fraction of sp³-hybridized carbons (Fsp3) is 0.273. The quantitative estimate of drug-likeness (QED) is 0.765. The first kappa shape index (κ1) is 11.3. The topological polar surface area (TPSA) is 66.4 Å². The molecule has 0 amide bonds. The highest BCUT2D eigenvalue weighted by Gasteiger charge is 2.44. The molecule has 0 radical (unpaired) electrons. The van der Waals surface area contributed by atoms with Crippen LogP contribution in [0.5, 0.6) is 0 Å². The van der Waals surface area contributed by atoms with Gasteiger partial charge in [-0.25, -0.2) is 0 Å². The molecule has 0 saturated heterocycles. The molecule has 0 saturated carbocycles. The standard InChI is InChI=1S/C11H13NO3S/c1-12-11(16(13,14)15)8-4-6-9-5-2-3-7-10(9)11/h2-7,12H,8H2,1H3,(H,13,14,15). The van der Waals surface area contributed by atoms with Crippen molar-refractivity contribution in [3.05, 3.63) is 41.5 Å². The molecule has 86 valence electrons. The van der Waals surface area contributed by atoms with Gasteiger partial charge in [-0.15, -0.1) is 0 Å². The summed E-state index contributed by atoms with van der Waals surface area (Å²) in [5, 5.41) is 2.72. The summed E-state index contributed by atoms with van der Waals surface area (Å²) in [5.41, 5.74) is 1.39. The molecule has 1 aliphatic carbocycles. The van der Waals surface area contributed by atoms with Crippen molar-refractivity contribution in [2.75, 3.05) is 7.05 Å². The Morgan fingerprint density at radius 2 is 2.06 bits per heavy atom. The van der Waals surface area contributed by atoms with E-state index in [1.807, 2.05) is 18.2 Å². The van der Waals surface area contributed by atoms with Crippen LogP contribution < -0.4 is 5.32 Å². The van der Waals surface area contributed by atoms with Gasteiger partial charge in [0.1, 0.15) is 0 Å². The molecule has 0 aliphatic heterocycles. The lowest BCUT2D eigenvalue weighted by Crippen LogP contribution is -2.47. The van der Waals surface area contributed by atoms with Gasteiger partial charge >= 0.3 is 0 Å². The molecule has 0 bridgehead atoms. The molecule has 2 rings (SSSR count). The Bertz CT molecular complexity index is 536. The van der Waals surface area contributed by atoms with Crippen molar-refractivity contribution in [2.45, 2.75) is 11.3 Å². The van der Waals surface area contributed by atoms with E-state index in [4.69, 9.17) is 0 Å². The highest BCUT2D eigenvalue weighted by molar-refractivity contribution is 7.86. The van der Waals surface area contributed by atoms with Gasteiger partial charge in [0.2, 0.25) is 0 Å². The average Bonchev–Trinajstić information content (AvgIpc) is 2.26. The first-order valence-electron chi connectivity index (χ1n) is 4.93. The molecule has 1 unspecified atom stereocenters. The summed E-state index contributed by atoms with van der Waals surface area (Å²) in [6.07, 6.45) is 3.82. The van der Waals surface area contributed by atoms with E-state index in [0.717, 1.165) is 5.56 Å². The molecule has 5 heteroatoms. The van der Waals surface area contributed by atoms with Crippen molar-refractivity contribution in [3.8, 4) is 0 Å². The molecule has 0 heterocycles. The molecule has 0 fully saturated rings. The summed E-state index contributed by atoms with van der Waals surface area (Å²) in [7, 11) is -2.68. The molecular formula is C11H13NO3S. The minimum absolute atomic E-state index is 0.222. The number of benzene rings is 1. The summed E-state index contributed by atoms with van der Waals surface area (Å²) >= 11 is 0. The van der Waals surface area contributed by atoms with E-state index in [-0.39, 0.29) is 6.42 Å². The fourth-order valence-electron chi connectivity index (χ4n) is 2.08. The molecule has 0 aromatic heterocycles. The number of hydrogen-bond donors (Lipinski definition) is 2. The van der Waals surface area contributed by atoms with Crippen LogP contribution in [0, 0.1) is 0 Å². The Morgan fingerprint density at radius 1 is 1.38 bits per heavy atom. The van der Waals surface area contributed by atoms with Crippen LogP contribution >= 0.6 is 0 Å². The second-order valence-corrected chi connectivity index (χ2v) is 5.39. The van der Waals surface area contributed by atoms with Crippen LogP contribution in [-0.2, 0) is 15.0 Å². The Balaban J connectivity index is 2.73. The van der Waals surface area contributed by atoms with Crippen molar-refractivity contribution in [3.63, 3.8) is 0 Å². The van der Waals surface area contributed by atoms with E-state index in [9.17, 15) is 13.0 Å². The molecule has 1 aromatic rings. The van der Waals surface area contributed by atoms with Crippen molar-refractivity contribution >= 4 is 16.2 Å². The Hall–Kier alpha value is -1.17. The molecule has 0 spiro atoms. The van der Waals surface area contributed by atoms with Crippen LogP contribution in [-0.4, -0.2) is 20.0 Å². The first-order valence-corrected chi connectivity index (χ1v) is 6.37. The van der Waals surface area contributed by atoms with Crippen molar-refractivity contribution in [2.24, 2.45) is 0 Å². The third kappa shape index (κ3) is 1.48. The van der Waals surface area contributed by atoms with E-state index >= 15 is 0 Å². The van der Waals surface area contributed by atoms with Gasteiger partial charge in [0.25, 0.3) is 10.1 Å². The average molecular weight is 239 g/mol. The number of nitrogens with one attached hydrogen (secondary N) is 1. The zero-order chi connectivity index (χ0) is 11.8. The summed E-state index contributed by atoms with van der Waals surface area (Å²) < 4.78 is 32.5. The largest absolute Gasteiger partial charge is 0.296 e. The van der Waals surface area contributed by atoms with E-state index in [1.165, 1.54) is 7.05 Å². The lowest BCUT2D eigenvalue weighted by atomic mass is 9.92. The second-order valence-electron chi connectivity index (χ2n) is 3.75.